The van der Waals surface area contributed by atoms with Gasteiger partial charge in [-0.3, -0.25) is 9.59 Å². The van der Waals surface area contributed by atoms with Gasteiger partial charge in [0.25, 0.3) is 11.8 Å². The topological polar surface area (TPSA) is 62.9 Å². The standard InChI is InChI=1S/C22H17ClN2O3/c23-13-3-1-12(2-4-13)17-8-5-14(28-17)11-24-25-20(26)18-15-6-7-16(19(18)21(25)27)22(15)9-10-22/h1-8,11,15-16,18-19H,9-10H2/b24-11-/t15-,16-,18-,19+/m1/s1. The number of hydrazone groups is 1. The second-order valence-electron chi connectivity index (χ2n) is 8.16. The predicted molar refractivity (Wildman–Crippen MR) is 103 cm³/mol. The molecule has 1 aromatic carbocycles. The summed E-state index contributed by atoms with van der Waals surface area (Å²) in [7, 11) is 0. The Kier molecular flexibility index (Phi) is 3.17. The van der Waals surface area contributed by atoms with Crippen LogP contribution in [0.3, 0.4) is 0 Å². The number of halogens is 1. The van der Waals surface area contributed by atoms with E-state index in [9.17, 15) is 9.59 Å². The number of carbonyl (C=O) groups excluding carboxylic acids is 2. The SMILES string of the molecule is O=C1[C@@H]2[C@H](C(=O)N1/N=C\c1ccc(-c3ccc(Cl)cc3)o1)[C@H]1C=C[C@H]2C12CC2. The van der Waals surface area contributed by atoms with E-state index >= 15 is 0 Å². The van der Waals surface area contributed by atoms with Gasteiger partial charge in [0.1, 0.15) is 11.5 Å². The first-order chi connectivity index (χ1) is 13.6. The van der Waals surface area contributed by atoms with Crippen molar-refractivity contribution in [2.24, 2.45) is 34.2 Å². The smallest absolute Gasteiger partial charge is 0.254 e. The summed E-state index contributed by atoms with van der Waals surface area (Å²) in [5.41, 5.74) is 1.09. The molecule has 5 nitrogen and oxygen atoms in total. The summed E-state index contributed by atoms with van der Waals surface area (Å²) in [6.45, 7) is 0. The maximum absolute atomic E-state index is 12.9. The number of carbonyl (C=O) groups is 2. The lowest BCUT2D eigenvalue weighted by molar-refractivity contribution is -0.141. The van der Waals surface area contributed by atoms with Crippen molar-refractivity contribution in [2.45, 2.75) is 12.8 Å². The Hall–Kier alpha value is -2.66. The van der Waals surface area contributed by atoms with Crippen LogP contribution in [0.1, 0.15) is 18.6 Å². The van der Waals surface area contributed by atoms with Gasteiger partial charge in [-0.25, -0.2) is 0 Å². The van der Waals surface area contributed by atoms with Gasteiger partial charge in [-0.15, -0.1) is 0 Å². The summed E-state index contributed by atoms with van der Waals surface area (Å²) in [6.07, 6.45) is 8.01. The average molecular weight is 393 g/mol. The molecule has 0 N–H and O–H groups in total. The van der Waals surface area contributed by atoms with Crippen LogP contribution in [0.15, 0.2) is 58.1 Å². The van der Waals surface area contributed by atoms with E-state index in [0.717, 1.165) is 23.4 Å². The highest BCUT2D eigenvalue weighted by Crippen LogP contribution is 2.73. The molecule has 1 aliphatic heterocycles. The van der Waals surface area contributed by atoms with Crippen molar-refractivity contribution in [1.29, 1.82) is 0 Å². The number of hydrogen-bond acceptors (Lipinski definition) is 4. The first-order valence-electron chi connectivity index (χ1n) is 9.54. The zero-order chi connectivity index (χ0) is 19.0. The largest absolute Gasteiger partial charge is 0.455 e. The molecule has 2 aromatic rings. The third kappa shape index (κ3) is 2.05. The molecule has 1 aromatic heterocycles. The molecule has 2 amide bonds. The fourth-order valence-electron chi connectivity index (χ4n) is 5.48. The molecular weight excluding hydrogens is 376 g/mol. The Bertz CT molecular complexity index is 1030. The van der Waals surface area contributed by atoms with Gasteiger partial charge >= 0.3 is 0 Å². The monoisotopic (exact) mass is 392 g/mol. The van der Waals surface area contributed by atoms with Gasteiger partial charge in [-0.2, -0.15) is 10.1 Å². The number of fused-ring (bicyclic) bond motifs is 3. The van der Waals surface area contributed by atoms with Crippen LogP contribution in [0.25, 0.3) is 11.3 Å². The molecule has 1 saturated heterocycles. The average Bonchev–Trinajstić information content (AvgIpc) is 2.97. The molecule has 4 atom stereocenters. The number of rotatable bonds is 3. The van der Waals surface area contributed by atoms with E-state index in [1.165, 1.54) is 6.21 Å². The molecular formula is C22H17ClN2O3. The minimum atomic E-state index is -0.233. The Balaban J connectivity index is 1.24. The summed E-state index contributed by atoms with van der Waals surface area (Å²) in [5, 5.41) is 5.91. The number of allylic oxidation sites excluding steroid dienone is 2. The lowest BCUT2D eigenvalue weighted by atomic mass is 9.85. The van der Waals surface area contributed by atoms with Crippen LogP contribution in [-0.4, -0.2) is 23.0 Å². The van der Waals surface area contributed by atoms with Gasteiger partial charge in [-0.05, 0) is 66.5 Å². The third-order valence-corrected chi connectivity index (χ3v) is 7.14. The van der Waals surface area contributed by atoms with Gasteiger partial charge in [0, 0.05) is 10.6 Å². The Morgan fingerprint density at radius 3 is 2.25 bits per heavy atom. The van der Waals surface area contributed by atoms with Crippen molar-refractivity contribution in [1.82, 2.24) is 5.01 Å². The first kappa shape index (κ1) is 16.3. The van der Waals surface area contributed by atoms with Gasteiger partial charge < -0.3 is 4.42 Å². The second-order valence-corrected chi connectivity index (χ2v) is 8.60. The van der Waals surface area contributed by atoms with Crippen LogP contribution < -0.4 is 0 Å². The van der Waals surface area contributed by atoms with Gasteiger partial charge in [0.2, 0.25) is 0 Å². The van der Waals surface area contributed by atoms with Crippen molar-refractivity contribution in [3.05, 3.63) is 59.3 Å². The lowest BCUT2D eigenvalue weighted by Gasteiger charge is -2.18. The van der Waals surface area contributed by atoms with Crippen LogP contribution in [-0.2, 0) is 9.59 Å². The van der Waals surface area contributed by atoms with E-state index in [0.29, 0.717) is 16.5 Å². The third-order valence-electron chi connectivity index (χ3n) is 6.89. The van der Waals surface area contributed by atoms with E-state index in [1.54, 1.807) is 18.2 Å². The highest BCUT2D eigenvalue weighted by molar-refractivity contribution is 6.30. The maximum Gasteiger partial charge on any atom is 0.254 e. The van der Waals surface area contributed by atoms with E-state index in [4.69, 9.17) is 16.0 Å². The normalized spacial score (nSPS) is 31.5. The second kappa shape index (κ2) is 5.45. The van der Waals surface area contributed by atoms with Crippen LogP contribution in [0.2, 0.25) is 5.02 Å². The highest BCUT2D eigenvalue weighted by atomic mass is 35.5. The van der Waals surface area contributed by atoms with Crippen LogP contribution in [0, 0.1) is 29.1 Å². The van der Waals surface area contributed by atoms with Crippen molar-refractivity contribution < 1.29 is 14.0 Å². The maximum atomic E-state index is 12.9. The molecule has 2 bridgehead atoms. The number of imide groups is 1. The minimum Gasteiger partial charge on any atom is -0.455 e. The number of amides is 2. The van der Waals surface area contributed by atoms with Crippen molar-refractivity contribution in [3.63, 3.8) is 0 Å². The zero-order valence-electron chi connectivity index (χ0n) is 14.9. The van der Waals surface area contributed by atoms with E-state index in [-0.39, 0.29) is 40.9 Å². The minimum absolute atomic E-state index is 0.168. The molecule has 2 heterocycles. The molecule has 28 heavy (non-hydrogen) atoms. The lowest BCUT2D eigenvalue weighted by Crippen LogP contribution is -2.30. The van der Waals surface area contributed by atoms with Crippen LogP contribution in [0.5, 0.6) is 0 Å². The molecule has 0 unspecified atom stereocenters. The van der Waals surface area contributed by atoms with Gasteiger partial charge in [0.05, 0.1) is 18.1 Å². The van der Waals surface area contributed by atoms with Crippen molar-refractivity contribution in [2.75, 3.05) is 0 Å². The molecule has 1 spiro atoms. The molecule has 3 aliphatic carbocycles. The molecule has 4 aliphatic rings. The quantitative estimate of drug-likeness (QED) is 0.448. The molecule has 0 radical (unpaired) electrons. The Morgan fingerprint density at radius 1 is 1.00 bits per heavy atom. The number of furan rings is 1. The predicted octanol–water partition coefficient (Wildman–Crippen LogP) is 4.13. The number of benzene rings is 1. The molecule has 3 fully saturated rings. The highest BCUT2D eigenvalue weighted by Gasteiger charge is 2.73. The first-order valence-corrected chi connectivity index (χ1v) is 9.92. The number of nitrogens with zero attached hydrogens (tertiary/aromatic N) is 2. The van der Waals surface area contributed by atoms with Crippen molar-refractivity contribution in [3.8, 4) is 11.3 Å². The summed E-state index contributed by atoms with van der Waals surface area (Å²) in [5.74, 6) is 0.775. The zero-order valence-corrected chi connectivity index (χ0v) is 15.7. The molecule has 6 heteroatoms. The van der Waals surface area contributed by atoms with Gasteiger partial charge in [0.15, 0.2) is 0 Å². The molecule has 140 valence electrons. The summed E-state index contributed by atoms with van der Waals surface area (Å²) in [6, 6.07) is 10.9. The van der Waals surface area contributed by atoms with Gasteiger partial charge in [-0.1, -0.05) is 23.8 Å². The summed E-state index contributed by atoms with van der Waals surface area (Å²) >= 11 is 5.92. The fraction of sp³-hybridized carbons (Fsp3) is 0.318. The molecule has 2 saturated carbocycles. The summed E-state index contributed by atoms with van der Waals surface area (Å²) < 4.78 is 5.78. The van der Waals surface area contributed by atoms with E-state index in [1.807, 2.05) is 18.2 Å². The fourth-order valence-corrected chi connectivity index (χ4v) is 5.61. The van der Waals surface area contributed by atoms with E-state index < -0.39 is 0 Å². The summed E-state index contributed by atoms with van der Waals surface area (Å²) in [4.78, 5) is 25.8. The van der Waals surface area contributed by atoms with E-state index in [2.05, 4.69) is 17.3 Å². The van der Waals surface area contributed by atoms with Crippen LogP contribution in [0.4, 0.5) is 0 Å². The molecule has 6 rings (SSSR count). The number of hydrogen-bond donors (Lipinski definition) is 0. The van der Waals surface area contributed by atoms with Crippen LogP contribution >= 0.6 is 11.6 Å². The van der Waals surface area contributed by atoms with Crippen molar-refractivity contribution >= 4 is 29.6 Å². The Labute approximate surface area is 166 Å². The Morgan fingerprint density at radius 2 is 1.64 bits per heavy atom.